The van der Waals surface area contributed by atoms with Gasteiger partial charge < -0.3 is 9.64 Å². The predicted octanol–water partition coefficient (Wildman–Crippen LogP) is 4.11. The van der Waals surface area contributed by atoms with Gasteiger partial charge in [-0.2, -0.15) is 0 Å². The minimum absolute atomic E-state index is 0.0128. The van der Waals surface area contributed by atoms with Crippen molar-refractivity contribution in [3.05, 3.63) is 59.7 Å². The molecule has 1 saturated heterocycles. The Labute approximate surface area is 182 Å². The number of imide groups is 1. The van der Waals surface area contributed by atoms with Gasteiger partial charge in [0.05, 0.1) is 19.2 Å². The van der Waals surface area contributed by atoms with Crippen LogP contribution >= 0.6 is 0 Å². The van der Waals surface area contributed by atoms with Gasteiger partial charge in [-0.05, 0) is 56.2 Å². The number of hydrogen-bond donors (Lipinski definition) is 0. The average Bonchev–Trinajstić information content (AvgIpc) is 3.08. The molecule has 0 bridgehead atoms. The highest BCUT2D eigenvalue weighted by atomic mass is 16.5. The van der Waals surface area contributed by atoms with Gasteiger partial charge in [0, 0.05) is 11.6 Å². The van der Waals surface area contributed by atoms with Crippen molar-refractivity contribution in [1.29, 1.82) is 0 Å². The van der Waals surface area contributed by atoms with Crippen molar-refractivity contribution in [2.45, 2.75) is 57.5 Å². The highest BCUT2D eigenvalue weighted by molar-refractivity contribution is 6.23. The van der Waals surface area contributed by atoms with Crippen LogP contribution in [0.5, 0.6) is 5.75 Å². The SMILES string of the molecule is COc1ccc(N2C(=O)CC(N(C(=O)c3cccc(C)c3)C3CCCCC3)C2=O)cc1. The van der Waals surface area contributed by atoms with Crippen molar-refractivity contribution >= 4 is 23.4 Å². The zero-order chi connectivity index (χ0) is 22.0. The van der Waals surface area contributed by atoms with Gasteiger partial charge in [-0.15, -0.1) is 0 Å². The molecule has 0 aromatic heterocycles. The van der Waals surface area contributed by atoms with Crippen molar-refractivity contribution < 1.29 is 19.1 Å². The fraction of sp³-hybridized carbons (Fsp3) is 0.400. The summed E-state index contributed by atoms with van der Waals surface area (Å²) in [6, 6.07) is 13.5. The minimum atomic E-state index is -0.772. The van der Waals surface area contributed by atoms with Crippen LogP contribution in [0.1, 0.15) is 54.4 Å². The number of hydrogen-bond acceptors (Lipinski definition) is 4. The summed E-state index contributed by atoms with van der Waals surface area (Å²) in [5, 5.41) is 0. The predicted molar refractivity (Wildman–Crippen MR) is 118 cm³/mol. The summed E-state index contributed by atoms with van der Waals surface area (Å²) in [6.07, 6.45) is 4.92. The molecule has 2 aromatic carbocycles. The molecule has 1 aliphatic carbocycles. The number of carbonyl (C=O) groups is 3. The Morgan fingerprint density at radius 1 is 1.03 bits per heavy atom. The fourth-order valence-electron chi connectivity index (χ4n) is 4.68. The number of benzene rings is 2. The zero-order valence-electron chi connectivity index (χ0n) is 18.0. The smallest absolute Gasteiger partial charge is 0.257 e. The Balaban J connectivity index is 1.66. The van der Waals surface area contributed by atoms with E-state index in [0.29, 0.717) is 17.0 Å². The third-order valence-electron chi connectivity index (χ3n) is 6.26. The van der Waals surface area contributed by atoms with Gasteiger partial charge in [0.2, 0.25) is 5.91 Å². The number of ether oxygens (including phenoxy) is 1. The molecular formula is C25H28N2O4. The number of aryl methyl sites for hydroxylation is 1. The monoisotopic (exact) mass is 420 g/mol. The maximum Gasteiger partial charge on any atom is 0.257 e. The topological polar surface area (TPSA) is 66.9 Å². The van der Waals surface area contributed by atoms with Crippen LogP contribution in [0.2, 0.25) is 0 Å². The van der Waals surface area contributed by atoms with E-state index >= 15 is 0 Å². The lowest BCUT2D eigenvalue weighted by molar-refractivity contribution is -0.123. The van der Waals surface area contributed by atoms with Crippen molar-refractivity contribution in [1.82, 2.24) is 4.90 Å². The maximum atomic E-state index is 13.6. The third kappa shape index (κ3) is 4.20. The van der Waals surface area contributed by atoms with Gasteiger partial charge in [-0.1, -0.05) is 37.0 Å². The number of anilines is 1. The van der Waals surface area contributed by atoms with E-state index in [-0.39, 0.29) is 30.2 Å². The van der Waals surface area contributed by atoms with Gasteiger partial charge in [0.15, 0.2) is 0 Å². The van der Waals surface area contributed by atoms with E-state index in [4.69, 9.17) is 4.74 Å². The number of amides is 3. The molecule has 3 amide bonds. The molecule has 1 aliphatic heterocycles. The van der Waals surface area contributed by atoms with Crippen LogP contribution in [0.25, 0.3) is 0 Å². The van der Waals surface area contributed by atoms with Crippen molar-refractivity contribution in [2.24, 2.45) is 0 Å². The van der Waals surface area contributed by atoms with E-state index in [1.807, 2.05) is 25.1 Å². The average molecular weight is 421 g/mol. The molecule has 4 rings (SSSR count). The van der Waals surface area contributed by atoms with Crippen LogP contribution in [0.3, 0.4) is 0 Å². The fourth-order valence-corrected chi connectivity index (χ4v) is 4.68. The Hall–Kier alpha value is -3.15. The van der Waals surface area contributed by atoms with Gasteiger partial charge >= 0.3 is 0 Å². The molecule has 1 heterocycles. The highest BCUT2D eigenvalue weighted by Gasteiger charge is 2.46. The van der Waals surface area contributed by atoms with Gasteiger partial charge in [-0.25, -0.2) is 4.90 Å². The summed E-state index contributed by atoms with van der Waals surface area (Å²) in [6.45, 7) is 1.94. The molecule has 0 N–H and O–H groups in total. The van der Waals surface area contributed by atoms with Crippen LogP contribution in [-0.2, 0) is 9.59 Å². The standard InChI is InChI=1S/C25H28N2O4/c1-17-7-6-8-18(15-17)24(29)26(19-9-4-3-5-10-19)22-16-23(28)27(25(22)30)20-11-13-21(31-2)14-12-20/h6-8,11-15,19,22H,3-5,9-10,16H2,1-2H3. The van der Waals surface area contributed by atoms with Crippen molar-refractivity contribution in [3.8, 4) is 5.75 Å². The molecule has 0 spiro atoms. The first-order valence-corrected chi connectivity index (χ1v) is 10.9. The zero-order valence-corrected chi connectivity index (χ0v) is 18.0. The Morgan fingerprint density at radius 2 is 1.74 bits per heavy atom. The highest BCUT2D eigenvalue weighted by Crippen LogP contribution is 2.32. The van der Waals surface area contributed by atoms with Crippen LogP contribution in [0, 0.1) is 6.92 Å². The molecule has 1 saturated carbocycles. The summed E-state index contributed by atoms with van der Waals surface area (Å²) in [5.41, 5.74) is 2.06. The molecule has 31 heavy (non-hydrogen) atoms. The Bertz CT molecular complexity index is 979. The number of carbonyl (C=O) groups excluding carboxylic acids is 3. The number of methoxy groups -OCH3 is 1. The molecule has 6 nitrogen and oxygen atoms in total. The van der Waals surface area contributed by atoms with Crippen LogP contribution in [0.15, 0.2) is 48.5 Å². The van der Waals surface area contributed by atoms with Crippen LogP contribution in [-0.4, -0.2) is 41.8 Å². The molecular weight excluding hydrogens is 392 g/mol. The third-order valence-corrected chi connectivity index (χ3v) is 6.26. The summed E-state index contributed by atoms with van der Waals surface area (Å²) >= 11 is 0. The van der Waals surface area contributed by atoms with Gasteiger partial charge in [0.1, 0.15) is 11.8 Å². The largest absolute Gasteiger partial charge is 0.497 e. The lowest BCUT2D eigenvalue weighted by Crippen LogP contribution is -2.51. The van der Waals surface area contributed by atoms with Gasteiger partial charge in [0.25, 0.3) is 11.8 Å². The van der Waals surface area contributed by atoms with E-state index in [1.54, 1.807) is 42.3 Å². The summed E-state index contributed by atoms with van der Waals surface area (Å²) in [7, 11) is 1.57. The van der Waals surface area contributed by atoms with E-state index in [9.17, 15) is 14.4 Å². The molecule has 2 fully saturated rings. The Kier molecular flexibility index (Phi) is 6.07. The van der Waals surface area contributed by atoms with E-state index in [1.165, 1.54) is 4.90 Å². The van der Waals surface area contributed by atoms with Crippen molar-refractivity contribution in [2.75, 3.05) is 12.0 Å². The molecule has 6 heteroatoms. The summed E-state index contributed by atoms with van der Waals surface area (Å²) < 4.78 is 5.17. The van der Waals surface area contributed by atoms with Crippen molar-refractivity contribution in [3.63, 3.8) is 0 Å². The van der Waals surface area contributed by atoms with Gasteiger partial charge in [-0.3, -0.25) is 14.4 Å². The molecule has 0 radical (unpaired) electrons. The quantitative estimate of drug-likeness (QED) is 0.683. The van der Waals surface area contributed by atoms with Crippen LogP contribution in [0.4, 0.5) is 5.69 Å². The summed E-state index contributed by atoms with van der Waals surface area (Å²) in [5.74, 6) is -0.129. The molecule has 1 atom stereocenters. The van der Waals surface area contributed by atoms with Crippen LogP contribution < -0.4 is 9.64 Å². The minimum Gasteiger partial charge on any atom is -0.497 e. The first kappa shape index (κ1) is 21.1. The molecule has 1 unspecified atom stereocenters. The second-order valence-corrected chi connectivity index (χ2v) is 8.36. The first-order chi connectivity index (χ1) is 15.0. The van der Waals surface area contributed by atoms with E-state index in [0.717, 1.165) is 37.7 Å². The van der Waals surface area contributed by atoms with E-state index in [2.05, 4.69) is 0 Å². The molecule has 162 valence electrons. The maximum absolute atomic E-state index is 13.6. The second-order valence-electron chi connectivity index (χ2n) is 8.36. The molecule has 2 aromatic rings. The summed E-state index contributed by atoms with van der Waals surface area (Å²) in [4.78, 5) is 42.8. The number of rotatable bonds is 5. The first-order valence-electron chi connectivity index (χ1n) is 10.9. The second kappa shape index (κ2) is 8.92. The van der Waals surface area contributed by atoms with E-state index < -0.39 is 6.04 Å². The lowest BCUT2D eigenvalue weighted by atomic mass is 9.92. The Morgan fingerprint density at radius 3 is 2.39 bits per heavy atom. The number of nitrogens with zero attached hydrogens (tertiary/aromatic N) is 2. The normalized spacial score (nSPS) is 19.5. The molecule has 2 aliphatic rings. The lowest BCUT2D eigenvalue weighted by Gasteiger charge is -2.37.